The summed E-state index contributed by atoms with van der Waals surface area (Å²) in [6, 6.07) is 6.36. The molecule has 5 rings (SSSR count). The number of nitrogens with two attached hydrogens (primary N) is 1. The Morgan fingerprint density at radius 3 is 2.44 bits per heavy atom. The molecule has 0 bridgehead atoms. The smallest absolute Gasteiger partial charge is 0.274 e. The second kappa shape index (κ2) is 9.84. The van der Waals surface area contributed by atoms with Crippen LogP contribution in [0.2, 0.25) is 0 Å². The van der Waals surface area contributed by atoms with Crippen LogP contribution in [0, 0.1) is 13.8 Å². The van der Waals surface area contributed by atoms with Crippen LogP contribution in [0.5, 0.6) is 0 Å². The summed E-state index contributed by atoms with van der Waals surface area (Å²) >= 11 is 0. The van der Waals surface area contributed by atoms with E-state index in [2.05, 4.69) is 42.0 Å². The van der Waals surface area contributed by atoms with E-state index in [1.54, 1.807) is 9.58 Å². The van der Waals surface area contributed by atoms with E-state index in [0.717, 1.165) is 43.6 Å². The second-order valence-electron chi connectivity index (χ2n) is 10.5. The van der Waals surface area contributed by atoms with Crippen LogP contribution in [0.15, 0.2) is 18.2 Å². The Hall–Kier alpha value is -2.94. The molecule has 2 aliphatic heterocycles. The summed E-state index contributed by atoms with van der Waals surface area (Å²) in [4.78, 5) is 32.4. The number of anilines is 1. The number of hydrogen-bond donors (Lipinski definition) is 1. The minimum Gasteiger partial charge on any atom is -0.368 e. The first kappa shape index (κ1) is 24.7. The number of aryl methyl sites for hydroxylation is 1. The van der Waals surface area contributed by atoms with E-state index in [1.807, 2.05) is 4.90 Å². The maximum absolute atomic E-state index is 14.5. The molecule has 1 aromatic carbocycles. The van der Waals surface area contributed by atoms with Crippen molar-refractivity contribution in [1.29, 1.82) is 0 Å². The lowest BCUT2D eigenvalue weighted by atomic mass is 9.93. The number of carbonyl (C=O) groups excluding carboxylic acids is 2. The van der Waals surface area contributed by atoms with Crippen LogP contribution in [0.25, 0.3) is 0 Å². The highest BCUT2D eigenvalue weighted by molar-refractivity contribution is 5.94. The minimum absolute atomic E-state index is 0.0139. The topological polar surface area (TPSA) is 87.7 Å². The first-order valence-corrected chi connectivity index (χ1v) is 13.2. The molecule has 1 aromatic heterocycles. The van der Waals surface area contributed by atoms with E-state index >= 15 is 0 Å². The molecule has 1 aliphatic carbocycles. The molecule has 36 heavy (non-hydrogen) atoms. The van der Waals surface area contributed by atoms with Gasteiger partial charge in [0.15, 0.2) is 5.69 Å². The maximum Gasteiger partial charge on any atom is 0.274 e. The summed E-state index contributed by atoms with van der Waals surface area (Å²) in [6.45, 7) is 8.03. The Kier molecular flexibility index (Phi) is 6.76. The first-order valence-electron chi connectivity index (χ1n) is 13.2. The highest BCUT2D eigenvalue weighted by Gasteiger charge is 2.37. The average molecular weight is 497 g/mol. The Morgan fingerprint density at radius 2 is 1.75 bits per heavy atom. The number of amides is 2. The molecular weight excluding hydrogens is 459 g/mol. The number of piperazine rings is 1. The standard InChI is InChI=1S/C27H37FN6O2/c1-19-5-3-7-22(20(19)2)31-13-15-32(16-14-31)24(35)17-34-23-8-4-6-21(23)25(30-34)26(36)33-11-9-27(28,18-29)10-12-33/h3,5,7H,4,6,8-18,29H2,1-2H3. The number of nitrogens with zero attached hydrogens (tertiary/aromatic N) is 5. The predicted molar refractivity (Wildman–Crippen MR) is 137 cm³/mol. The van der Waals surface area contributed by atoms with Gasteiger partial charge in [-0.2, -0.15) is 5.10 Å². The second-order valence-corrected chi connectivity index (χ2v) is 10.5. The van der Waals surface area contributed by atoms with Gasteiger partial charge in [-0.1, -0.05) is 12.1 Å². The number of aromatic nitrogens is 2. The van der Waals surface area contributed by atoms with Crippen molar-refractivity contribution in [2.45, 2.75) is 58.2 Å². The van der Waals surface area contributed by atoms with Crippen LogP contribution in [-0.2, 0) is 24.2 Å². The number of benzene rings is 1. The van der Waals surface area contributed by atoms with Gasteiger partial charge in [0.25, 0.3) is 5.91 Å². The molecule has 8 nitrogen and oxygen atoms in total. The van der Waals surface area contributed by atoms with Gasteiger partial charge >= 0.3 is 0 Å². The van der Waals surface area contributed by atoms with Crippen molar-refractivity contribution in [3.05, 3.63) is 46.3 Å². The van der Waals surface area contributed by atoms with Crippen LogP contribution in [0.3, 0.4) is 0 Å². The normalized spacial score (nSPS) is 19.5. The summed E-state index contributed by atoms with van der Waals surface area (Å²) in [6.07, 6.45) is 3.08. The third-order valence-corrected chi connectivity index (χ3v) is 8.36. The van der Waals surface area contributed by atoms with E-state index in [-0.39, 0.29) is 37.7 Å². The van der Waals surface area contributed by atoms with Gasteiger partial charge in [-0.3, -0.25) is 14.3 Å². The first-order chi connectivity index (χ1) is 17.3. The van der Waals surface area contributed by atoms with Gasteiger partial charge in [-0.15, -0.1) is 0 Å². The number of carbonyl (C=O) groups is 2. The zero-order valence-electron chi connectivity index (χ0n) is 21.4. The SMILES string of the molecule is Cc1cccc(N2CCN(C(=O)Cn3nc(C(=O)N4CCC(F)(CN)CC4)c4c3CCC4)CC2)c1C. The van der Waals surface area contributed by atoms with Crippen LogP contribution in [0.1, 0.15) is 52.1 Å². The van der Waals surface area contributed by atoms with Crippen LogP contribution >= 0.6 is 0 Å². The third-order valence-electron chi connectivity index (χ3n) is 8.36. The van der Waals surface area contributed by atoms with Crippen molar-refractivity contribution in [2.75, 3.05) is 50.7 Å². The number of likely N-dealkylation sites (tertiary alicyclic amines) is 1. The van der Waals surface area contributed by atoms with E-state index in [4.69, 9.17) is 5.73 Å². The van der Waals surface area contributed by atoms with Crippen molar-refractivity contribution in [1.82, 2.24) is 19.6 Å². The van der Waals surface area contributed by atoms with Gasteiger partial charge in [0, 0.05) is 75.6 Å². The molecule has 2 amide bonds. The molecule has 194 valence electrons. The van der Waals surface area contributed by atoms with Gasteiger partial charge in [0.2, 0.25) is 5.91 Å². The van der Waals surface area contributed by atoms with E-state index in [1.165, 1.54) is 16.8 Å². The molecule has 3 heterocycles. The lowest BCUT2D eigenvalue weighted by Gasteiger charge is -2.37. The molecule has 9 heteroatoms. The van der Waals surface area contributed by atoms with Crippen LogP contribution in [0.4, 0.5) is 10.1 Å². The quantitative estimate of drug-likeness (QED) is 0.686. The fourth-order valence-corrected chi connectivity index (χ4v) is 5.78. The summed E-state index contributed by atoms with van der Waals surface area (Å²) in [5.41, 5.74) is 10.4. The molecule has 0 radical (unpaired) electrons. The molecule has 2 saturated heterocycles. The molecule has 2 fully saturated rings. The van der Waals surface area contributed by atoms with Crippen LogP contribution in [-0.4, -0.2) is 82.9 Å². The molecule has 2 aromatic rings. The van der Waals surface area contributed by atoms with Crippen molar-refractivity contribution in [3.8, 4) is 0 Å². The molecule has 0 unspecified atom stereocenters. The van der Waals surface area contributed by atoms with Gasteiger partial charge in [-0.05, 0) is 50.3 Å². The molecular formula is C27H37FN6O2. The molecule has 0 saturated carbocycles. The lowest BCUT2D eigenvalue weighted by molar-refractivity contribution is -0.132. The number of rotatable bonds is 5. The fourth-order valence-electron chi connectivity index (χ4n) is 5.78. The van der Waals surface area contributed by atoms with E-state index in [9.17, 15) is 14.0 Å². The Morgan fingerprint density at radius 1 is 1.03 bits per heavy atom. The monoisotopic (exact) mass is 496 g/mol. The minimum atomic E-state index is -1.38. The number of piperidine rings is 1. The number of alkyl halides is 1. The van der Waals surface area contributed by atoms with E-state index in [0.29, 0.717) is 31.9 Å². The van der Waals surface area contributed by atoms with Crippen LogP contribution < -0.4 is 10.6 Å². The molecule has 3 aliphatic rings. The lowest BCUT2D eigenvalue weighted by Crippen LogP contribution is -2.50. The third kappa shape index (κ3) is 4.61. The summed E-state index contributed by atoms with van der Waals surface area (Å²) in [7, 11) is 0. The zero-order chi connectivity index (χ0) is 25.4. The largest absolute Gasteiger partial charge is 0.368 e. The molecule has 0 spiro atoms. The molecule has 0 atom stereocenters. The van der Waals surface area contributed by atoms with Gasteiger partial charge < -0.3 is 20.4 Å². The Balaban J connectivity index is 1.24. The number of halogens is 1. The zero-order valence-corrected chi connectivity index (χ0v) is 21.4. The summed E-state index contributed by atoms with van der Waals surface area (Å²) in [5, 5.41) is 4.63. The summed E-state index contributed by atoms with van der Waals surface area (Å²) < 4.78 is 16.3. The van der Waals surface area contributed by atoms with Crippen molar-refractivity contribution >= 4 is 17.5 Å². The van der Waals surface area contributed by atoms with Gasteiger partial charge in [0.05, 0.1) is 0 Å². The van der Waals surface area contributed by atoms with Gasteiger partial charge in [0.1, 0.15) is 12.2 Å². The highest BCUT2D eigenvalue weighted by atomic mass is 19.1. The van der Waals surface area contributed by atoms with E-state index < -0.39 is 5.67 Å². The summed E-state index contributed by atoms with van der Waals surface area (Å²) in [5.74, 6) is -0.115. The van der Waals surface area contributed by atoms with Crippen molar-refractivity contribution in [2.24, 2.45) is 5.73 Å². The average Bonchev–Trinajstić information content (AvgIpc) is 3.50. The maximum atomic E-state index is 14.5. The number of fused-ring (bicyclic) bond motifs is 1. The Labute approximate surface area is 212 Å². The van der Waals surface area contributed by atoms with Gasteiger partial charge in [-0.25, -0.2) is 4.39 Å². The Bertz CT molecular complexity index is 1150. The fraction of sp³-hybridized carbons (Fsp3) is 0.593. The molecule has 2 N–H and O–H groups in total. The predicted octanol–water partition coefficient (Wildman–Crippen LogP) is 2.24. The van der Waals surface area contributed by atoms with Crippen molar-refractivity contribution < 1.29 is 14.0 Å². The highest BCUT2D eigenvalue weighted by Crippen LogP contribution is 2.30. The van der Waals surface area contributed by atoms with Crippen molar-refractivity contribution in [3.63, 3.8) is 0 Å². The number of hydrogen-bond acceptors (Lipinski definition) is 5.